The lowest BCUT2D eigenvalue weighted by molar-refractivity contribution is 0.266. The first kappa shape index (κ1) is 9.93. The SMILES string of the molecule is N#Cc1nc([C@@H](N)CO)ccc1Cl. The predicted octanol–water partition coefficient (Wildman–Crippen LogP) is 0.599. The monoisotopic (exact) mass is 197 g/mol. The Kier molecular flexibility index (Phi) is 3.20. The highest BCUT2D eigenvalue weighted by Crippen LogP contribution is 2.15. The molecule has 68 valence electrons. The number of nitrogens with two attached hydrogens (primary N) is 1. The third-order valence-electron chi connectivity index (χ3n) is 1.55. The van der Waals surface area contributed by atoms with Crippen molar-refractivity contribution < 1.29 is 5.11 Å². The van der Waals surface area contributed by atoms with E-state index in [4.69, 9.17) is 27.7 Å². The van der Waals surface area contributed by atoms with Gasteiger partial charge in [0.2, 0.25) is 0 Å². The van der Waals surface area contributed by atoms with Crippen molar-refractivity contribution in [3.8, 4) is 6.07 Å². The van der Waals surface area contributed by atoms with Crippen molar-refractivity contribution in [1.82, 2.24) is 4.98 Å². The fraction of sp³-hybridized carbons (Fsp3) is 0.250. The normalized spacial score (nSPS) is 12.2. The number of nitrogens with zero attached hydrogens (tertiary/aromatic N) is 2. The fourth-order valence-electron chi connectivity index (χ4n) is 0.836. The number of aromatic nitrogens is 1. The van der Waals surface area contributed by atoms with Crippen LogP contribution >= 0.6 is 11.6 Å². The Morgan fingerprint density at radius 3 is 2.92 bits per heavy atom. The van der Waals surface area contributed by atoms with Gasteiger partial charge in [-0.25, -0.2) is 4.98 Å². The summed E-state index contributed by atoms with van der Waals surface area (Å²) in [4.78, 5) is 3.88. The smallest absolute Gasteiger partial charge is 0.159 e. The summed E-state index contributed by atoms with van der Waals surface area (Å²) in [6, 6.07) is 4.40. The van der Waals surface area contributed by atoms with Crippen molar-refractivity contribution in [2.45, 2.75) is 6.04 Å². The van der Waals surface area contributed by atoms with Crippen LogP contribution in [0.15, 0.2) is 12.1 Å². The van der Waals surface area contributed by atoms with E-state index in [1.54, 1.807) is 6.07 Å². The fourth-order valence-corrected chi connectivity index (χ4v) is 0.983. The summed E-state index contributed by atoms with van der Waals surface area (Å²) in [5.41, 5.74) is 6.09. The van der Waals surface area contributed by atoms with Crippen molar-refractivity contribution in [1.29, 1.82) is 5.26 Å². The Bertz CT molecular complexity index is 348. The first-order chi connectivity index (χ1) is 6.19. The van der Waals surface area contributed by atoms with Gasteiger partial charge < -0.3 is 10.8 Å². The Labute approximate surface area is 80.6 Å². The largest absolute Gasteiger partial charge is 0.394 e. The molecular formula is C8H8ClN3O. The van der Waals surface area contributed by atoms with Crippen LogP contribution in [0.5, 0.6) is 0 Å². The van der Waals surface area contributed by atoms with Crippen LogP contribution in [0.3, 0.4) is 0 Å². The van der Waals surface area contributed by atoms with Crippen molar-refractivity contribution in [3.63, 3.8) is 0 Å². The maximum atomic E-state index is 8.74. The van der Waals surface area contributed by atoms with Crippen LogP contribution in [-0.4, -0.2) is 16.7 Å². The number of halogens is 1. The molecule has 1 aromatic rings. The zero-order valence-corrected chi connectivity index (χ0v) is 7.49. The molecule has 0 bridgehead atoms. The molecule has 13 heavy (non-hydrogen) atoms. The minimum Gasteiger partial charge on any atom is -0.394 e. The highest BCUT2D eigenvalue weighted by molar-refractivity contribution is 6.31. The first-order valence-corrected chi connectivity index (χ1v) is 3.99. The molecule has 1 atom stereocenters. The third-order valence-corrected chi connectivity index (χ3v) is 1.86. The van der Waals surface area contributed by atoms with E-state index < -0.39 is 6.04 Å². The van der Waals surface area contributed by atoms with E-state index in [9.17, 15) is 0 Å². The summed E-state index contributed by atoms with van der Waals surface area (Å²) in [7, 11) is 0. The Morgan fingerprint density at radius 2 is 2.38 bits per heavy atom. The Morgan fingerprint density at radius 1 is 1.69 bits per heavy atom. The van der Waals surface area contributed by atoms with E-state index in [0.29, 0.717) is 5.69 Å². The van der Waals surface area contributed by atoms with Gasteiger partial charge in [0, 0.05) is 0 Å². The summed E-state index contributed by atoms with van der Waals surface area (Å²) in [5.74, 6) is 0. The van der Waals surface area contributed by atoms with Crippen LogP contribution in [0.25, 0.3) is 0 Å². The lowest BCUT2D eigenvalue weighted by atomic mass is 10.2. The van der Waals surface area contributed by atoms with Gasteiger partial charge in [-0.3, -0.25) is 0 Å². The zero-order chi connectivity index (χ0) is 9.84. The van der Waals surface area contributed by atoms with Gasteiger partial charge in [0.1, 0.15) is 6.07 Å². The number of hydrogen-bond donors (Lipinski definition) is 2. The van der Waals surface area contributed by atoms with E-state index in [0.717, 1.165) is 0 Å². The highest BCUT2D eigenvalue weighted by Gasteiger charge is 2.08. The van der Waals surface area contributed by atoms with E-state index in [-0.39, 0.29) is 17.3 Å². The average molecular weight is 198 g/mol. The molecule has 0 spiro atoms. The lowest BCUT2D eigenvalue weighted by Crippen LogP contribution is -2.16. The molecule has 0 radical (unpaired) electrons. The molecule has 3 N–H and O–H groups in total. The van der Waals surface area contributed by atoms with Crippen LogP contribution < -0.4 is 5.73 Å². The Balaban J connectivity index is 3.08. The minimum atomic E-state index is -0.565. The first-order valence-electron chi connectivity index (χ1n) is 3.62. The van der Waals surface area contributed by atoms with Gasteiger partial charge in [0.25, 0.3) is 0 Å². The summed E-state index contributed by atoms with van der Waals surface area (Å²) >= 11 is 5.66. The second-order valence-electron chi connectivity index (χ2n) is 2.47. The van der Waals surface area contributed by atoms with E-state index in [2.05, 4.69) is 4.98 Å². The maximum Gasteiger partial charge on any atom is 0.159 e. The Hall–Kier alpha value is -1.15. The number of nitriles is 1. The summed E-state index contributed by atoms with van der Waals surface area (Å²) in [6.07, 6.45) is 0. The molecule has 0 unspecified atom stereocenters. The standard InChI is InChI=1S/C8H8ClN3O/c9-5-1-2-7(6(11)4-13)12-8(5)3-10/h1-2,6,13H,4,11H2/t6-/m0/s1. The van der Waals surface area contributed by atoms with E-state index >= 15 is 0 Å². The zero-order valence-electron chi connectivity index (χ0n) is 6.74. The molecule has 1 rings (SSSR count). The topological polar surface area (TPSA) is 82.9 Å². The lowest BCUT2D eigenvalue weighted by Gasteiger charge is -2.07. The van der Waals surface area contributed by atoms with Crippen LogP contribution in [0.2, 0.25) is 5.02 Å². The predicted molar refractivity (Wildman–Crippen MR) is 48.0 cm³/mol. The number of rotatable bonds is 2. The second kappa shape index (κ2) is 4.19. The minimum absolute atomic E-state index is 0.128. The third kappa shape index (κ3) is 2.16. The van der Waals surface area contributed by atoms with Crippen LogP contribution in [0.4, 0.5) is 0 Å². The van der Waals surface area contributed by atoms with Crippen molar-refractivity contribution >= 4 is 11.6 Å². The van der Waals surface area contributed by atoms with Gasteiger partial charge in [0.15, 0.2) is 5.69 Å². The second-order valence-corrected chi connectivity index (χ2v) is 2.87. The van der Waals surface area contributed by atoms with Crippen LogP contribution in [-0.2, 0) is 0 Å². The number of pyridine rings is 1. The molecule has 4 nitrogen and oxygen atoms in total. The molecule has 0 aliphatic heterocycles. The van der Waals surface area contributed by atoms with Crippen LogP contribution in [0, 0.1) is 11.3 Å². The molecule has 0 saturated heterocycles. The number of aliphatic hydroxyl groups excluding tert-OH is 1. The number of hydrogen-bond acceptors (Lipinski definition) is 4. The van der Waals surface area contributed by atoms with Gasteiger partial charge in [-0.05, 0) is 12.1 Å². The summed E-state index contributed by atoms with van der Waals surface area (Å²) in [5, 5.41) is 17.6. The van der Waals surface area contributed by atoms with Crippen molar-refractivity contribution in [3.05, 3.63) is 28.5 Å². The molecule has 0 saturated carbocycles. The summed E-state index contributed by atoms with van der Waals surface area (Å²) < 4.78 is 0. The molecule has 0 amide bonds. The van der Waals surface area contributed by atoms with Gasteiger partial charge >= 0.3 is 0 Å². The highest BCUT2D eigenvalue weighted by atomic mass is 35.5. The number of aliphatic hydroxyl groups is 1. The van der Waals surface area contributed by atoms with E-state index in [1.807, 2.05) is 6.07 Å². The maximum absolute atomic E-state index is 8.74. The molecule has 0 fully saturated rings. The molecule has 1 heterocycles. The van der Waals surface area contributed by atoms with Gasteiger partial charge in [-0.1, -0.05) is 11.6 Å². The van der Waals surface area contributed by atoms with Crippen molar-refractivity contribution in [2.75, 3.05) is 6.61 Å². The van der Waals surface area contributed by atoms with Crippen LogP contribution in [0.1, 0.15) is 17.4 Å². The van der Waals surface area contributed by atoms with Gasteiger partial charge in [0.05, 0.1) is 23.4 Å². The molecule has 0 aliphatic carbocycles. The molecule has 1 aromatic heterocycles. The molecular weight excluding hydrogens is 190 g/mol. The van der Waals surface area contributed by atoms with Gasteiger partial charge in [-0.2, -0.15) is 5.26 Å². The molecule has 5 heteroatoms. The van der Waals surface area contributed by atoms with Gasteiger partial charge in [-0.15, -0.1) is 0 Å². The molecule has 0 aromatic carbocycles. The average Bonchev–Trinajstić information content (AvgIpc) is 2.17. The summed E-state index contributed by atoms with van der Waals surface area (Å²) in [6.45, 7) is -0.209. The quantitative estimate of drug-likeness (QED) is 0.727. The van der Waals surface area contributed by atoms with E-state index in [1.165, 1.54) is 6.07 Å². The van der Waals surface area contributed by atoms with Crippen molar-refractivity contribution in [2.24, 2.45) is 5.73 Å². The molecule has 0 aliphatic rings.